The van der Waals surface area contributed by atoms with Gasteiger partial charge in [0.1, 0.15) is 5.75 Å². The molecule has 3 aromatic carbocycles. The fraction of sp³-hybridized carbons (Fsp3) is 0.200. The Labute approximate surface area is 205 Å². The van der Waals surface area contributed by atoms with Crippen molar-refractivity contribution in [3.05, 3.63) is 83.9 Å². The van der Waals surface area contributed by atoms with Crippen LogP contribution in [0.3, 0.4) is 0 Å². The van der Waals surface area contributed by atoms with Gasteiger partial charge in [0.25, 0.3) is 21.8 Å². The van der Waals surface area contributed by atoms with Crippen molar-refractivity contribution in [2.24, 2.45) is 0 Å². The molecule has 0 radical (unpaired) electrons. The highest BCUT2D eigenvalue weighted by Crippen LogP contribution is 2.20. The summed E-state index contributed by atoms with van der Waals surface area (Å²) >= 11 is 0. The third-order valence-corrected chi connectivity index (χ3v) is 6.71. The zero-order valence-electron chi connectivity index (χ0n) is 19.7. The maximum absolute atomic E-state index is 12.6. The van der Waals surface area contributed by atoms with Gasteiger partial charge in [-0.1, -0.05) is 0 Å². The molecule has 3 N–H and O–H groups in total. The molecule has 0 aliphatic heterocycles. The molecular formula is C25H28N4O5S. The summed E-state index contributed by atoms with van der Waals surface area (Å²) in [7, 11) is -2.33. The van der Waals surface area contributed by atoms with E-state index in [4.69, 9.17) is 4.74 Å². The van der Waals surface area contributed by atoms with E-state index in [1.165, 1.54) is 31.4 Å². The summed E-state index contributed by atoms with van der Waals surface area (Å²) in [4.78, 5) is 26.9. The zero-order valence-corrected chi connectivity index (χ0v) is 20.6. The standard InChI is InChI=1S/C25H28N4O5S/c1-4-29(5-2)21-12-6-18(7-13-21)24(30)26-27-25(31)19-8-16-23(17-9-19)35(32,33)28-20-10-14-22(34-3)15-11-20/h6-17,28H,4-5H2,1-3H3,(H,26,30)(H,27,31). The highest BCUT2D eigenvalue weighted by Gasteiger charge is 2.16. The fourth-order valence-corrected chi connectivity index (χ4v) is 4.39. The fourth-order valence-electron chi connectivity index (χ4n) is 3.33. The number of anilines is 2. The smallest absolute Gasteiger partial charge is 0.269 e. The van der Waals surface area contributed by atoms with Crippen LogP contribution in [0.5, 0.6) is 5.75 Å². The monoisotopic (exact) mass is 496 g/mol. The lowest BCUT2D eigenvalue weighted by molar-refractivity contribution is 0.0846. The van der Waals surface area contributed by atoms with E-state index in [2.05, 4.69) is 34.3 Å². The summed E-state index contributed by atoms with van der Waals surface area (Å²) in [6.45, 7) is 5.82. The van der Waals surface area contributed by atoms with Gasteiger partial charge in [-0.05, 0) is 86.6 Å². The second kappa shape index (κ2) is 11.4. The first kappa shape index (κ1) is 25.6. The van der Waals surface area contributed by atoms with Crippen LogP contribution in [0.15, 0.2) is 77.7 Å². The highest BCUT2D eigenvalue weighted by atomic mass is 32.2. The summed E-state index contributed by atoms with van der Waals surface area (Å²) in [6, 6.07) is 18.9. The van der Waals surface area contributed by atoms with Crippen molar-refractivity contribution in [3.8, 4) is 5.75 Å². The van der Waals surface area contributed by atoms with E-state index in [1.807, 2.05) is 12.1 Å². The summed E-state index contributed by atoms with van der Waals surface area (Å²) in [5.41, 5.74) is 6.67. The molecule has 0 unspecified atom stereocenters. The molecule has 35 heavy (non-hydrogen) atoms. The molecule has 3 aromatic rings. The largest absolute Gasteiger partial charge is 0.497 e. The average Bonchev–Trinajstić information content (AvgIpc) is 2.88. The van der Waals surface area contributed by atoms with Crippen LogP contribution >= 0.6 is 0 Å². The van der Waals surface area contributed by atoms with Crippen LogP contribution in [0, 0.1) is 0 Å². The first-order valence-electron chi connectivity index (χ1n) is 11.0. The van der Waals surface area contributed by atoms with Crippen LogP contribution in [0.2, 0.25) is 0 Å². The molecular weight excluding hydrogens is 468 g/mol. The van der Waals surface area contributed by atoms with E-state index in [0.717, 1.165) is 18.8 Å². The molecule has 0 spiro atoms. The molecule has 3 rings (SSSR count). The number of carbonyl (C=O) groups excluding carboxylic acids is 2. The molecule has 0 aliphatic carbocycles. The lowest BCUT2D eigenvalue weighted by Crippen LogP contribution is -2.41. The Morgan fingerprint density at radius 3 is 1.71 bits per heavy atom. The number of nitrogens with zero attached hydrogens (tertiary/aromatic N) is 1. The molecule has 0 heterocycles. The second-order valence-electron chi connectivity index (χ2n) is 7.49. The Bertz CT molecular complexity index is 1250. The van der Waals surface area contributed by atoms with Gasteiger partial charge in [0.05, 0.1) is 12.0 Å². The number of carbonyl (C=O) groups is 2. The van der Waals surface area contributed by atoms with E-state index in [-0.39, 0.29) is 10.5 Å². The minimum absolute atomic E-state index is 0.0119. The Morgan fingerprint density at radius 2 is 1.26 bits per heavy atom. The SMILES string of the molecule is CCN(CC)c1ccc(C(=O)NNC(=O)c2ccc(S(=O)(=O)Nc3ccc(OC)cc3)cc2)cc1. The molecule has 0 saturated heterocycles. The Hall–Kier alpha value is -4.05. The van der Waals surface area contributed by atoms with Crippen LogP contribution in [0.1, 0.15) is 34.6 Å². The van der Waals surface area contributed by atoms with E-state index >= 15 is 0 Å². The number of nitrogens with one attached hydrogen (secondary N) is 3. The zero-order chi connectivity index (χ0) is 25.4. The molecule has 10 heteroatoms. The van der Waals surface area contributed by atoms with Gasteiger partial charge in [0.2, 0.25) is 0 Å². The number of ether oxygens (including phenoxy) is 1. The van der Waals surface area contributed by atoms with Crippen molar-refractivity contribution in [3.63, 3.8) is 0 Å². The molecule has 0 aliphatic rings. The van der Waals surface area contributed by atoms with E-state index < -0.39 is 21.8 Å². The molecule has 0 saturated carbocycles. The number of rotatable bonds is 9. The van der Waals surface area contributed by atoms with E-state index in [0.29, 0.717) is 17.0 Å². The van der Waals surface area contributed by atoms with Crippen molar-refractivity contribution in [2.45, 2.75) is 18.7 Å². The van der Waals surface area contributed by atoms with Gasteiger partial charge in [0, 0.05) is 35.6 Å². The minimum Gasteiger partial charge on any atom is -0.497 e. The Balaban J connectivity index is 1.58. The van der Waals surface area contributed by atoms with Gasteiger partial charge in [-0.25, -0.2) is 8.42 Å². The van der Waals surface area contributed by atoms with E-state index in [1.54, 1.807) is 36.4 Å². The number of hydrazine groups is 1. The molecule has 0 bridgehead atoms. The summed E-state index contributed by atoms with van der Waals surface area (Å²) in [6.07, 6.45) is 0. The quantitative estimate of drug-likeness (QED) is 0.391. The maximum Gasteiger partial charge on any atom is 0.269 e. The van der Waals surface area contributed by atoms with Crippen LogP contribution in [-0.4, -0.2) is 40.4 Å². The van der Waals surface area contributed by atoms with Gasteiger partial charge in [-0.2, -0.15) is 0 Å². The van der Waals surface area contributed by atoms with Gasteiger partial charge >= 0.3 is 0 Å². The molecule has 0 fully saturated rings. The second-order valence-corrected chi connectivity index (χ2v) is 9.17. The first-order chi connectivity index (χ1) is 16.8. The molecule has 9 nitrogen and oxygen atoms in total. The third kappa shape index (κ3) is 6.51. The van der Waals surface area contributed by atoms with Gasteiger partial charge in [-0.3, -0.25) is 25.2 Å². The van der Waals surface area contributed by atoms with Crippen molar-refractivity contribution in [2.75, 3.05) is 29.8 Å². The molecule has 0 aromatic heterocycles. The number of methoxy groups -OCH3 is 1. The van der Waals surface area contributed by atoms with Crippen LogP contribution in [0.4, 0.5) is 11.4 Å². The third-order valence-electron chi connectivity index (χ3n) is 5.32. The van der Waals surface area contributed by atoms with Gasteiger partial charge in [-0.15, -0.1) is 0 Å². The summed E-state index contributed by atoms with van der Waals surface area (Å²) in [5, 5.41) is 0. The Morgan fingerprint density at radius 1 is 0.771 bits per heavy atom. The number of hydrogen-bond acceptors (Lipinski definition) is 6. The summed E-state index contributed by atoms with van der Waals surface area (Å²) in [5.74, 6) is -0.440. The minimum atomic E-state index is -3.85. The first-order valence-corrected chi connectivity index (χ1v) is 12.5. The van der Waals surface area contributed by atoms with Crippen LogP contribution in [-0.2, 0) is 10.0 Å². The number of amides is 2. The number of sulfonamides is 1. The van der Waals surface area contributed by atoms with Crippen molar-refractivity contribution < 1.29 is 22.7 Å². The van der Waals surface area contributed by atoms with Crippen molar-refractivity contribution in [1.82, 2.24) is 10.9 Å². The lowest BCUT2D eigenvalue weighted by Gasteiger charge is -2.21. The highest BCUT2D eigenvalue weighted by molar-refractivity contribution is 7.92. The van der Waals surface area contributed by atoms with Crippen LogP contribution in [0.25, 0.3) is 0 Å². The predicted octanol–water partition coefficient (Wildman–Crippen LogP) is 3.42. The van der Waals surface area contributed by atoms with Gasteiger partial charge < -0.3 is 9.64 Å². The number of hydrogen-bond donors (Lipinski definition) is 3. The van der Waals surface area contributed by atoms with Crippen molar-refractivity contribution in [1.29, 1.82) is 0 Å². The van der Waals surface area contributed by atoms with E-state index in [9.17, 15) is 18.0 Å². The van der Waals surface area contributed by atoms with Crippen molar-refractivity contribution >= 4 is 33.2 Å². The topological polar surface area (TPSA) is 117 Å². The molecule has 184 valence electrons. The predicted molar refractivity (Wildman–Crippen MR) is 135 cm³/mol. The van der Waals surface area contributed by atoms with Crippen LogP contribution < -0.4 is 25.2 Å². The average molecular weight is 497 g/mol. The number of benzene rings is 3. The maximum atomic E-state index is 12.6. The lowest BCUT2D eigenvalue weighted by atomic mass is 10.2. The summed E-state index contributed by atoms with van der Waals surface area (Å²) < 4.78 is 32.7. The van der Waals surface area contributed by atoms with Gasteiger partial charge in [0.15, 0.2) is 0 Å². The Kier molecular flexibility index (Phi) is 8.32. The normalized spacial score (nSPS) is 10.8. The molecule has 0 atom stereocenters. The molecule has 2 amide bonds.